The lowest BCUT2D eigenvalue weighted by atomic mass is 10.0. The van der Waals surface area contributed by atoms with Gasteiger partial charge in [-0.15, -0.1) is 0 Å². The van der Waals surface area contributed by atoms with Crippen LogP contribution in [-0.2, 0) is 10.0 Å². The molecule has 9 nitrogen and oxygen atoms in total. The maximum atomic E-state index is 12.7. The number of pyridine rings is 1. The largest absolute Gasteiger partial charge is 0.437 e. The number of alkyl halides is 3. The molecule has 0 aliphatic carbocycles. The highest BCUT2D eigenvalue weighted by atomic mass is 32.2. The van der Waals surface area contributed by atoms with E-state index in [1.54, 1.807) is 55.7 Å². The van der Waals surface area contributed by atoms with Crippen molar-refractivity contribution in [2.75, 3.05) is 28.9 Å². The highest BCUT2D eigenvalue weighted by Crippen LogP contribution is 2.40. The van der Waals surface area contributed by atoms with Gasteiger partial charge < -0.3 is 15.4 Å². The quantitative estimate of drug-likeness (QED) is 0.230. The first-order valence-corrected chi connectivity index (χ1v) is 14.8. The zero-order valence-electron chi connectivity index (χ0n) is 22.2. The first kappa shape index (κ1) is 28.6. The summed E-state index contributed by atoms with van der Waals surface area (Å²) in [5.41, 5.74) is 1.95. The van der Waals surface area contributed by atoms with Gasteiger partial charge in [0, 0.05) is 35.8 Å². The number of aromatic nitrogens is 3. The molecule has 2 aromatic carbocycles. The molecule has 0 bridgehead atoms. The second kappa shape index (κ2) is 11.9. The summed E-state index contributed by atoms with van der Waals surface area (Å²) in [6.07, 6.45) is -0.688. The molecule has 0 saturated carbocycles. The van der Waals surface area contributed by atoms with Crippen molar-refractivity contribution in [3.05, 3.63) is 66.5 Å². The normalized spacial score (nSPS) is 16.0. The van der Waals surface area contributed by atoms with Crippen molar-refractivity contribution in [1.82, 2.24) is 20.3 Å². The monoisotopic (exact) mass is 586 g/mol. The highest BCUT2D eigenvalue weighted by molar-refractivity contribution is 7.92. The molecule has 5 rings (SSSR count). The van der Waals surface area contributed by atoms with Crippen LogP contribution in [0.1, 0.15) is 24.8 Å². The molecule has 1 fully saturated rings. The van der Waals surface area contributed by atoms with E-state index in [2.05, 4.69) is 30.3 Å². The van der Waals surface area contributed by atoms with Crippen LogP contribution in [0.25, 0.3) is 22.0 Å². The Kier molecular flexibility index (Phi) is 8.27. The molecule has 13 heteroatoms. The van der Waals surface area contributed by atoms with Crippen molar-refractivity contribution in [3.63, 3.8) is 0 Å². The molecule has 0 radical (unpaired) electrons. The zero-order valence-corrected chi connectivity index (χ0v) is 23.0. The highest BCUT2D eigenvalue weighted by Gasteiger charge is 2.30. The molecule has 4 aromatic rings. The number of sulfonamides is 1. The van der Waals surface area contributed by atoms with Crippen molar-refractivity contribution in [1.29, 1.82) is 0 Å². The van der Waals surface area contributed by atoms with Crippen molar-refractivity contribution in [2.45, 2.75) is 38.4 Å². The third kappa shape index (κ3) is 7.22. The van der Waals surface area contributed by atoms with Gasteiger partial charge in [0.05, 0.1) is 29.1 Å². The van der Waals surface area contributed by atoms with Crippen molar-refractivity contribution in [2.24, 2.45) is 0 Å². The number of ether oxygens (including phenoxy) is 1. The molecule has 0 spiro atoms. The molecular weight excluding hydrogens is 557 g/mol. The summed E-state index contributed by atoms with van der Waals surface area (Å²) in [5, 5.41) is 7.76. The Morgan fingerprint density at radius 2 is 1.88 bits per heavy atom. The fourth-order valence-corrected chi connectivity index (χ4v) is 5.78. The van der Waals surface area contributed by atoms with Gasteiger partial charge in [0.1, 0.15) is 5.75 Å². The molecule has 3 heterocycles. The fourth-order valence-electron chi connectivity index (χ4n) is 4.68. The third-order valence-corrected chi connectivity index (χ3v) is 7.90. The van der Waals surface area contributed by atoms with Gasteiger partial charge in [0.25, 0.3) is 0 Å². The molecule has 2 aromatic heterocycles. The summed E-state index contributed by atoms with van der Waals surface area (Å²) >= 11 is 0. The number of nitrogens with zero attached hydrogens (tertiary/aromatic N) is 3. The SMILES string of the molecule is Cc1cc(NS(=O)(=O)CCC(F)(F)F)c2ccccc2c1Oc1ncccc1-c1ccnc(NC2CCCNC2)n1. The molecule has 1 saturated heterocycles. The second-order valence-corrected chi connectivity index (χ2v) is 11.7. The van der Waals surface area contributed by atoms with E-state index in [9.17, 15) is 21.6 Å². The topological polar surface area (TPSA) is 118 Å². The predicted octanol–water partition coefficient (Wildman–Crippen LogP) is 5.65. The molecule has 0 amide bonds. The van der Waals surface area contributed by atoms with Crippen LogP contribution in [0, 0.1) is 6.92 Å². The van der Waals surface area contributed by atoms with Gasteiger partial charge in [-0.2, -0.15) is 13.2 Å². The summed E-state index contributed by atoms with van der Waals surface area (Å²) in [5.74, 6) is 0.129. The minimum atomic E-state index is -4.58. The lowest BCUT2D eigenvalue weighted by Gasteiger charge is -2.23. The average molecular weight is 587 g/mol. The van der Waals surface area contributed by atoms with Crippen molar-refractivity contribution in [3.8, 4) is 22.9 Å². The minimum absolute atomic E-state index is 0.164. The number of fused-ring (bicyclic) bond motifs is 1. The van der Waals surface area contributed by atoms with Gasteiger partial charge in [0.2, 0.25) is 21.9 Å². The summed E-state index contributed by atoms with van der Waals surface area (Å²) in [7, 11) is -4.25. The van der Waals surface area contributed by atoms with Crippen LogP contribution >= 0.6 is 0 Å². The average Bonchev–Trinajstić information content (AvgIpc) is 2.95. The van der Waals surface area contributed by atoms with E-state index in [0.29, 0.717) is 39.3 Å². The number of hydrogen-bond donors (Lipinski definition) is 3. The van der Waals surface area contributed by atoms with Gasteiger partial charge >= 0.3 is 6.18 Å². The molecule has 216 valence electrons. The summed E-state index contributed by atoms with van der Waals surface area (Å²) in [6, 6.07) is 14.0. The molecule has 1 aliphatic rings. The van der Waals surface area contributed by atoms with E-state index in [1.165, 1.54) is 6.07 Å². The molecule has 1 atom stereocenters. The van der Waals surface area contributed by atoms with Crippen LogP contribution in [0.2, 0.25) is 0 Å². The maximum absolute atomic E-state index is 12.7. The Hall–Kier alpha value is -3.97. The summed E-state index contributed by atoms with van der Waals surface area (Å²) in [4.78, 5) is 13.5. The van der Waals surface area contributed by atoms with Crippen LogP contribution in [0.15, 0.2) is 60.9 Å². The lowest BCUT2D eigenvalue weighted by Crippen LogP contribution is -2.38. The van der Waals surface area contributed by atoms with Crippen LogP contribution in [0.5, 0.6) is 11.6 Å². The molecule has 3 N–H and O–H groups in total. The zero-order chi connectivity index (χ0) is 29.0. The third-order valence-electron chi connectivity index (χ3n) is 6.63. The first-order valence-electron chi connectivity index (χ1n) is 13.1. The second-order valence-electron chi connectivity index (χ2n) is 9.81. The van der Waals surface area contributed by atoms with Crippen LogP contribution in [0.3, 0.4) is 0 Å². The standard InChI is InChI=1S/C28H29F3N6O3S/c1-18-16-24(37-41(38,39)15-11-28(29,30)31)20-7-2-3-8-21(20)25(18)40-26-22(9-5-13-33-26)23-10-14-34-27(36-23)35-19-6-4-12-32-17-19/h2-3,5,7-10,13-14,16,19,32,37H,4,6,11-12,15,17H2,1H3,(H,34,35,36). The van der Waals surface area contributed by atoms with Crippen molar-refractivity contribution < 1.29 is 26.3 Å². The minimum Gasteiger partial charge on any atom is -0.437 e. The first-order chi connectivity index (χ1) is 19.6. The summed E-state index contributed by atoms with van der Waals surface area (Å²) in [6.45, 7) is 3.55. The van der Waals surface area contributed by atoms with Gasteiger partial charge in [0.15, 0.2) is 0 Å². The van der Waals surface area contributed by atoms with Crippen LogP contribution < -0.4 is 20.1 Å². The smallest absolute Gasteiger partial charge is 0.390 e. The van der Waals surface area contributed by atoms with Gasteiger partial charge in [-0.05, 0) is 56.1 Å². The van der Waals surface area contributed by atoms with E-state index in [1.807, 2.05) is 6.07 Å². The summed E-state index contributed by atoms with van der Waals surface area (Å²) < 4.78 is 71.5. The number of hydrogen-bond acceptors (Lipinski definition) is 8. The van der Waals surface area contributed by atoms with Gasteiger partial charge in [-0.1, -0.05) is 24.3 Å². The number of benzene rings is 2. The van der Waals surface area contributed by atoms with E-state index in [-0.39, 0.29) is 17.6 Å². The maximum Gasteiger partial charge on any atom is 0.390 e. The van der Waals surface area contributed by atoms with E-state index in [0.717, 1.165) is 25.9 Å². The van der Waals surface area contributed by atoms with E-state index >= 15 is 0 Å². The van der Waals surface area contributed by atoms with Crippen LogP contribution in [-0.4, -0.2) is 54.4 Å². The lowest BCUT2D eigenvalue weighted by molar-refractivity contribution is -0.129. The molecular formula is C28H29F3N6O3S. The molecule has 41 heavy (non-hydrogen) atoms. The van der Waals surface area contributed by atoms with Gasteiger partial charge in [-0.3, -0.25) is 4.72 Å². The Balaban J connectivity index is 1.45. The number of aryl methyl sites for hydroxylation is 1. The number of nitrogens with one attached hydrogen (secondary N) is 3. The van der Waals surface area contributed by atoms with Gasteiger partial charge in [-0.25, -0.2) is 23.4 Å². The Labute approximate surface area is 235 Å². The number of anilines is 2. The van der Waals surface area contributed by atoms with Crippen molar-refractivity contribution >= 4 is 32.4 Å². The number of piperidine rings is 1. The Morgan fingerprint density at radius 1 is 1.07 bits per heavy atom. The number of halogens is 3. The molecule has 1 aliphatic heterocycles. The van der Waals surface area contributed by atoms with Crippen LogP contribution in [0.4, 0.5) is 24.8 Å². The number of rotatable bonds is 9. The predicted molar refractivity (Wildman–Crippen MR) is 152 cm³/mol. The van der Waals surface area contributed by atoms with E-state index < -0.39 is 28.4 Å². The Bertz CT molecular complexity index is 1640. The fraction of sp³-hybridized carbons (Fsp3) is 0.321. The Morgan fingerprint density at radius 3 is 2.63 bits per heavy atom. The van der Waals surface area contributed by atoms with E-state index in [4.69, 9.17) is 4.74 Å². The molecule has 1 unspecified atom stereocenters.